The van der Waals surface area contributed by atoms with E-state index < -0.39 is 65.8 Å². The molecular weight excluding hydrogens is 526 g/mol. The van der Waals surface area contributed by atoms with Crippen LogP contribution < -0.4 is 5.73 Å². The molecule has 0 aromatic heterocycles. The van der Waals surface area contributed by atoms with Crippen LogP contribution in [-0.2, 0) is 23.5 Å². The lowest BCUT2D eigenvalue weighted by molar-refractivity contribution is -0.423. The lowest BCUT2D eigenvalue weighted by atomic mass is 9.98. The average Bonchev–Trinajstić information content (AvgIpc) is 2.86. The van der Waals surface area contributed by atoms with E-state index in [0.29, 0.717) is 6.42 Å². The maximum absolute atomic E-state index is 12.1. The summed E-state index contributed by atoms with van der Waals surface area (Å²) in [4.78, 5) is 0. The van der Waals surface area contributed by atoms with Crippen LogP contribution in [-0.4, -0.2) is 99.6 Å². The van der Waals surface area contributed by atoms with Crippen LogP contribution in [0, 0.1) is 0 Å². The SMILES string of the molecule is CCCCCCCCCCCCC/C=C/[C@@H](O)[C@H](N)C(O)OS(=O)(=O)OC1(O)OC(CO)C(O)C(O)C1O. The first-order chi connectivity index (χ1) is 17.9. The van der Waals surface area contributed by atoms with Crippen LogP contribution in [0.1, 0.15) is 84.0 Å². The Morgan fingerprint density at radius 2 is 1.47 bits per heavy atom. The number of ether oxygens (including phenoxy) is 1. The predicted molar refractivity (Wildman–Crippen MR) is 136 cm³/mol. The number of nitrogens with two attached hydrogens (primary N) is 1. The van der Waals surface area contributed by atoms with Crippen LogP contribution in [0.3, 0.4) is 0 Å². The molecule has 0 bridgehead atoms. The molecule has 0 spiro atoms. The predicted octanol–water partition coefficient (Wildman–Crippen LogP) is -0.352. The molecule has 1 fully saturated rings. The zero-order chi connectivity index (χ0) is 28.8. The second kappa shape index (κ2) is 17.8. The van der Waals surface area contributed by atoms with Crippen molar-refractivity contribution in [1.29, 1.82) is 0 Å². The van der Waals surface area contributed by atoms with Crippen molar-refractivity contribution in [2.45, 2.75) is 133 Å². The highest BCUT2D eigenvalue weighted by Crippen LogP contribution is 2.31. The molecule has 1 aliphatic heterocycles. The number of aliphatic hydroxyl groups excluding tert-OH is 6. The molecular formula is C24H47NO12S. The second-order valence-electron chi connectivity index (χ2n) is 9.69. The highest BCUT2D eigenvalue weighted by Gasteiger charge is 2.56. The van der Waals surface area contributed by atoms with Crippen LogP contribution in [0.15, 0.2) is 12.2 Å². The number of allylic oxidation sites excluding steroid dienone is 1. The molecule has 0 saturated carbocycles. The van der Waals surface area contributed by atoms with E-state index >= 15 is 0 Å². The van der Waals surface area contributed by atoms with Crippen LogP contribution in [0.2, 0.25) is 0 Å². The van der Waals surface area contributed by atoms with E-state index in [1.807, 2.05) is 0 Å². The van der Waals surface area contributed by atoms with Gasteiger partial charge < -0.3 is 46.2 Å². The molecule has 0 aromatic rings. The fourth-order valence-electron chi connectivity index (χ4n) is 4.00. The summed E-state index contributed by atoms with van der Waals surface area (Å²) in [6, 6.07) is -1.63. The molecule has 0 radical (unpaired) electrons. The standard InChI is InChI=1S/C24H47NO12S/c1-2-3-4-5-6-7-8-9-10-11-12-13-14-15-17(27)19(25)23(31)36-38(33,34)37-24(32)22(30)21(29)20(28)18(16-26)35-24/h14-15,17-23,26-32H,2-13,16,25H2,1H3/b15-14+/t17-,18?,19+,20?,21?,22?,23?,24?/m1/s1. The lowest BCUT2D eigenvalue weighted by Crippen LogP contribution is -2.66. The van der Waals surface area contributed by atoms with Gasteiger partial charge in [0.05, 0.1) is 18.8 Å². The third-order valence-corrected chi connectivity index (χ3v) is 7.27. The zero-order valence-electron chi connectivity index (χ0n) is 22.0. The van der Waals surface area contributed by atoms with Gasteiger partial charge in [0.15, 0.2) is 12.4 Å². The van der Waals surface area contributed by atoms with Crippen LogP contribution in [0.25, 0.3) is 0 Å². The molecule has 8 atom stereocenters. The molecule has 0 amide bonds. The third-order valence-electron chi connectivity index (χ3n) is 6.40. The summed E-state index contributed by atoms with van der Waals surface area (Å²) >= 11 is 0. The summed E-state index contributed by atoms with van der Waals surface area (Å²) in [5, 5.41) is 68.8. The lowest BCUT2D eigenvalue weighted by Gasteiger charge is -2.43. The van der Waals surface area contributed by atoms with Gasteiger partial charge in [-0.25, -0.2) is 4.18 Å². The Morgan fingerprint density at radius 3 is 2.00 bits per heavy atom. The molecule has 38 heavy (non-hydrogen) atoms. The highest BCUT2D eigenvalue weighted by atomic mass is 32.3. The molecule has 13 nitrogen and oxygen atoms in total. The first-order valence-corrected chi connectivity index (χ1v) is 14.7. The molecule has 9 N–H and O–H groups in total. The number of unbranched alkanes of at least 4 members (excludes halogenated alkanes) is 11. The van der Waals surface area contributed by atoms with Crippen molar-refractivity contribution in [1.82, 2.24) is 0 Å². The minimum absolute atomic E-state index is 0.654. The molecule has 1 aliphatic rings. The van der Waals surface area contributed by atoms with E-state index in [1.165, 1.54) is 57.4 Å². The van der Waals surface area contributed by atoms with Gasteiger partial charge in [-0.2, -0.15) is 12.6 Å². The van der Waals surface area contributed by atoms with Gasteiger partial charge in [-0.3, -0.25) is 0 Å². The maximum atomic E-state index is 12.1. The summed E-state index contributed by atoms with van der Waals surface area (Å²) in [6.07, 6.45) is 4.77. The molecule has 0 aliphatic carbocycles. The summed E-state index contributed by atoms with van der Waals surface area (Å²) in [5.41, 5.74) is 5.65. The fraction of sp³-hybridized carbons (Fsp3) is 0.917. The van der Waals surface area contributed by atoms with Gasteiger partial charge in [0.25, 0.3) is 0 Å². The largest absolute Gasteiger partial charge is 0.407 e. The second-order valence-corrected chi connectivity index (χ2v) is 10.9. The normalized spacial score (nSPS) is 29.0. The molecule has 0 aromatic carbocycles. The van der Waals surface area contributed by atoms with E-state index in [4.69, 9.17) is 10.8 Å². The molecule has 14 heteroatoms. The van der Waals surface area contributed by atoms with E-state index in [2.05, 4.69) is 20.0 Å². The van der Waals surface area contributed by atoms with Crippen molar-refractivity contribution >= 4 is 10.4 Å². The Balaban J connectivity index is 2.38. The number of aliphatic hydroxyl groups is 7. The third kappa shape index (κ3) is 12.2. The number of hydrogen-bond acceptors (Lipinski definition) is 13. The minimum Gasteiger partial charge on any atom is -0.394 e. The van der Waals surface area contributed by atoms with Crippen molar-refractivity contribution in [3.63, 3.8) is 0 Å². The molecule has 6 unspecified atom stereocenters. The Hall–Kier alpha value is -0.750. The van der Waals surface area contributed by atoms with Crippen molar-refractivity contribution < 1.29 is 57.3 Å². The summed E-state index contributed by atoms with van der Waals surface area (Å²) in [5.74, 6) is -3.46. The van der Waals surface area contributed by atoms with Gasteiger partial charge in [-0.15, -0.1) is 0 Å². The van der Waals surface area contributed by atoms with Crippen molar-refractivity contribution in [3.05, 3.63) is 12.2 Å². The van der Waals surface area contributed by atoms with Gasteiger partial charge >= 0.3 is 16.4 Å². The quantitative estimate of drug-likeness (QED) is 0.0529. The zero-order valence-corrected chi connectivity index (χ0v) is 22.9. The van der Waals surface area contributed by atoms with Crippen molar-refractivity contribution in [2.75, 3.05) is 6.61 Å². The molecule has 1 heterocycles. The van der Waals surface area contributed by atoms with Crippen LogP contribution in [0.4, 0.5) is 0 Å². The van der Waals surface area contributed by atoms with E-state index in [9.17, 15) is 39.1 Å². The summed E-state index contributed by atoms with van der Waals surface area (Å²) < 4.78 is 37.5. The average molecular weight is 574 g/mol. The maximum Gasteiger partial charge on any atom is 0.407 e. The van der Waals surface area contributed by atoms with Gasteiger partial charge in [0.1, 0.15) is 18.3 Å². The van der Waals surface area contributed by atoms with E-state index in [1.54, 1.807) is 6.08 Å². The van der Waals surface area contributed by atoms with Crippen LogP contribution >= 0.6 is 0 Å². The first-order valence-electron chi connectivity index (χ1n) is 13.4. The van der Waals surface area contributed by atoms with Crippen LogP contribution in [0.5, 0.6) is 0 Å². The van der Waals surface area contributed by atoms with Gasteiger partial charge in [-0.1, -0.05) is 83.3 Å². The molecule has 1 saturated heterocycles. The molecule has 226 valence electrons. The number of hydrogen-bond donors (Lipinski definition) is 8. The number of rotatable bonds is 20. The minimum atomic E-state index is -5.35. The Labute approximate surface area is 225 Å². The van der Waals surface area contributed by atoms with E-state index in [-0.39, 0.29) is 0 Å². The van der Waals surface area contributed by atoms with Gasteiger partial charge in [-0.05, 0) is 12.8 Å². The fourth-order valence-corrected chi connectivity index (χ4v) is 4.84. The highest BCUT2D eigenvalue weighted by molar-refractivity contribution is 7.81. The summed E-state index contributed by atoms with van der Waals surface area (Å²) in [6.45, 7) is 1.24. The Kier molecular flexibility index (Phi) is 16.6. The molecule has 1 rings (SSSR count). The van der Waals surface area contributed by atoms with Gasteiger partial charge in [0.2, 0.25) is 0 Å². The Bertz CT molecular complexity index is 767. The Morgan fingerprint density at radius 1 is 0.947 bits per heavy atom. The van der Waals surface area contributed by atoms with E-state index in [0.717, 1.165) is 19.3 Å². The van der Waals surface area contributed by atoms with Gasteiger partial charge in [0, 0.05) is 0 Å². The summed E-state index contributed by atoms with van der Waals surface area (Å²) in [7, 11) is -5.35. The smallest absolute Gasteiger partial charge is 0.394 e. The first kappa shape index (κ1) is 35.3. The van der Waals surface area contributed by atoms with Crippen molar-refractivity contribution in [3.8, 4) is 0 Å². The topological polar surface area (TPSA) is 229 Å². The monoisotopic (exact) mass is 573 g/mol. The van der Waals surface area contributed by atoms with Crippen molar-refractivity contribution in [2.24, 2.45) is 5.73 Å².